The molecule has 0 fully saturated rings. The smallest absolute Gasteiger partial charge is 0.0469 e. The Kier molecular flexibility index (Phi) is 7.35. The first-order chi connectivity index (χ1) is 20.7. The summed E-state index contributed by atoms with van der Waals surface area (Å²) in [5.74, 6) is 0. The molecule has 6 aromatic rings. The maximum atomic E-state index is 4.08. The van der Waals surface area contributed by atoms with Gasteiger partial charge in [-0.15, -0.1) is 6.58 Å². The average molecular weight is 564 g/mol. The summed E-state index contributed by atoms with van der Waals surface area (Å²) in [5.41, 5.74) is 9.13. The van der Waals surface area contributed by atoms with Crippen LogP contribution >= 0.6 is 0 Å². The van der Waals surface area contributed by atoms with Gasteiger partial charge in [0.25, 0.3) is 0 Å². The Morgan fingerprint density at radius 1 is 0.605 bits per heavy atom. The summed E-state index contributed by atoms with van der Waals surface area (Å²) in [7, 11) is 0. The summed E-state index contributed by atoms with van der Waals surface area (Å²) in [6, 6.07) is 43.8. The first kappa shape index (κ1) is 28.4. The third kappa shape index (κ3) is 5.32. The van der Waals surface area contributed by atoms with Crippen LogP contribution in [0.3, 0.4) is 0 Å². The molecule has 0 aliphatic rings. The Labute approximate surface area is 256 Å². The Balaban J connectivity index is 1.47. The number of fused-ring (bicyclic) bond motifs is 3. The van der Waals surface area contributed by atoms with Crippen molar-refractivity contribution in [2.24, 2.45) is 0 Å². The second-order valence-corrected chi connectivity index (χ2v) is 12.6. The molecule has 3 nitrogen and oxygen atoms in total. The number of hydrogen-bond acceptors (Lipinski definition) is 2. The van der Waals surface area contributed by atoms with Gasteiger partial charge in [0, 0.05) is 61.2 Å². The van der Waals surface area contributed by atoms with Crippen molar-refractivity contribution in [1.82, 2.24) is 4.98 Å². The molecule has 0 aliphatic carbocycles. The Morgan fingerprint density at radius 3 is 1.70 bits per heavy atom. The molecular formula is C40H41N3. The SMILES string of the molecule is C=CC(C)(C)c1ccc2[nH]c3ccc(N(c4ccccc4)c4ccc(N(c5ccccc5)C(C)(C)CC)cc4)cc3c2c1. The molecule has 0 unspecified atom stereocenters. The van der Waals surface area contributed by atoms with Crippen molar-refractivity contribution in [3.8, 4) is 0 Å². The Hall–Kier alpha value is -4.76. The highest BCUT2D eigenvalue weighted by Crippen LogP contribution is 2.41. The number of aromatic nitrogens is 1. The maximum absolute atomic E-state index is 4.08. The van der Waals surface area contributed by atoms with Crippen molar-refractivity contribution in [2.75, 3.05) is 9.80 Å². The summed E-state index contributed by atoms with van der Waals surface area (Å²) in [6.45, 7) is 15.4. The Morgan fingerprint density at radius 2 is 1.09 bits per heavy atom. The van der Waals surface area contributed by atoms with Gasteiger partial charge in [-0.3, -0.25) is 0 Å². The van der Waals surface area contributed by atoms with E-state index in [0.29, 0.717) is 0 Å². The molecule has 0 bridgehead atoms. The molecule has 1 N–H and O–H groups in total. The lowest BCUT2D eigenvalue weighted by Gasteiger charge is -2.40. The van der Waals surface area contributed by atoms with Crippen molar-refractivity contribution in [1.29, 1.82) is 0 Å². The summed E-state index contributed by atoms with van der Waals surface area (Å²) < 4.78 is 0. The van der Waals surface area contributed by atoms with Crippen LogP contribution in [-0.4, -0.2) is 10.5 Å². The van der Waals surface area contributed by atoms with Crippen molar-refractivity contribution in [3.05, 3.63) is 140 Å². The van der Waals surface area contributed by atoms with Crippen LogP contribution in [0.25, 0.3) is 21.8 Å². The van der Waals surface area contributed by atoms with Crippen molar-refractivity contribution < 1.29 is 0 Å². The second-order valence-electron chi connectivity index (χ2n) is 12.6. The molecule has 0 saturated carbocycles. The molecule has 0 amide bonds. The molecule has 0 spiro atoms. The van der Waals surface area contributed by atoms with Crippen molar-refractivity contribution in [2.45, 2.75) is 52.0 Å². The first-order valence-electron chi connectivity index (χ1n) is 15.2. The van der Waals surface area contributed by atoms with E-state index in [9.17, 15) is 0 Å². The normalized spacial score (nSPS) is 12.0. The topological polar surface area (TPSA) is 22.3 Å². The molecule has 0 atom stereocenters. The van der Waals surface area contributed by atoms with E-state index < -0.39 is 0 Å². The number of aromatic amines is 1. The Bertz CT molecular complexity index is 1860. The number of para-hydroxylation sites is 2. The van der Waals surface area contributed by atoms with E-state index in [2.05, 4.69) is 177 Å². The molecule has 5 aromatic carbocycles. The van der Waals surface area contributed by atoms with Crippen LogP contribution in [0.2, 0.25) is 0 Å². The highest BCUT2D eigenvalue weighted by atomic mass is 15.2. The van der Waals surface area contributed by atoms with Crippen LogP contribution in [0.1, 0.15) is 46.6 Å². The maximum Gasteiger partial charge on any atom is 0.0469 e. The highest BCUT2D eigenvalue weighted by Gasteiger charge is 2.27. The zero-order valence-electron chi connectivity index (χ0n) is 25.9. The van der Waals surface area contributed by atoms with Crippen LogP contribution in [0.5, 0.6) is 0 Å². The monoisotopic (exact) mass is 563 g/mol. The number of nitrogens with zero attached hydrogens (tertiary/aromatic N) is 2. The van der Waals surface area contributed by atoms with E-state index >= 15 is 0 Å². The largest absolute Gasteiger partial charge is 0.355 e. The van der Waals surface area contributed by atoms with E-state index in [4.69, 9.17) is 0 Å². The third-order valence-electron chi connectivity index (χ3n) is 8.96. The number of H-pyrrole nitrogens is 1. The summed E-state index contributed by atoms with van der Waals surface area (Å²) >= 11 is 0. The summed E-state index contributed by atoms with van der Waals surface area (Å²) in [4.78, 5) is 8.42. The zero-order chi connectivity index (χ0) is 30.2. The van der Waals surface area contributed by atoms with Crippen LogP contribution in [0.4, 0.5) is 28.4 Å². The molecule has 43 heavy (non-hydrogen) atoms. The van der Waals surface area contributed by atoms with E-state index in [0.717, 1.165) is 34.5 Å². The van der Waals surface area contributed by atoms with Crippen LogP contribution in [0, 0.1) is 0 Å². The summed E-state index contributed by atoms with van der Waals surface area (Å²) in [5, 5.41) is 2.44. The van der Waals surface area contributed by atoms with Gasteiger partial charge in [0.05, 0.1) is 0 Å². The molecule has 6 rings (SSSR count). The molecule has 0 aliphatic heterocycles. The van der Waals surface area contributed by atoms with Crippen LogP contribution in [-0.2, 0) is 5.41 Å². The lowest BCUT2D eigenvalue weighted by molar-refractivity contribution is 0.488. The van der Waals surface area contributed by atoms with Gasteiger partial charge in [-0.05, 0) is 105 Å². The van der Waals surface area contributed by atoms with Gasteiger partial charge in [0.15, 0.2) is 0 Å². The number of benzene rings is 5. The minimum atomic E-state index is -0.104. The van der Waals surface area contributed by atoms with Gasteiger partial charge in [-0.25, -0.2) is 0 Å². The second kappa shape index (κ2) is 11.1. The predicted molar refractivity (Wildman–Crippen MR) is 187 cm³/mol. The highest BCUT2D eigenvalue weighted by molar-refractivity contribution is 6.09. The minimum absolute atomic E-state index is 0.0403. The van der Waals surface area contributed by atoms with Crippen LogP contribution < -0.4 is 9.80 Å². The van der Waals surface area contributed by atoms with Crippen molar-refractivity contribution >= 4 is 50.2 Å². The van der Waals surface area contributed by atoms with E-state index in [1.165, 1.54) is 27.7 Å². The quantitative estimate of drug-likeness (QED) is 0.177. The van der Waals surface area contributed by atoms with Gasteiger partial charge in [0.2, 0.25) is 0 Å². The fourth-order valence-corrected chi connectivity index (χ4v) is 5.90. The van der Waals surface area contributed by atoms with Gasteiger partial charge in [-0.1, -0.05) is 69.3 Å². The lowest BCUT2D eigenvalue weighted by atomic mass is 9.84. The molecule has 3 heteroatoms. The fraction of sp³-hybridized carbons (Fsp3) is 0.200. The molecular weight excluding hydrogens is 522 g/mol. The average Bonchev–Trinajstić information content (AvgIpc) is 3.40. The van der Waals surface area contributed by atoms with Crippen molar-refractivity contribution in [3.63, 3.8) is 0 Å². The van der Waals surface area contributed by atoms with E-state index in [1.54, 1.807) is 0 Å². The zero-order valence-corrected chi connectivity index (χ0v) is 25.9. The number of rotatable bonds is 9. The standard InChI is InChI=1S/C40H41N3/c1-7-39(3,4)29-19-25-37-35(27-29)36-28-34(24-26-38(36)41-37)42(30-15-11-9-12-16-30)31-20-22-33(23-21-31)43(40(5,6)8-2)32-17-13-10-14-18-32/h7,9-28,41H,1,8H2,2-6H3. The van der Waals surface area contributed by atoms with Gasteiger partial charge >= 0.3 is 0 Å². The number of nitrogens with one attached hydrogen (secondary N) is 1. The number of anilines is 5. The van der Waals surface area contributed by atoms with E-state index in [1.807, 2.05) is 6.08 Å². The molecule has 1 aromatic heterocycles. The van der Waals surface area contributed by atoms with E-state index in [-0.39, 0.29) is 11.0 Å². The minimum Gasteiger partial charge on any atom is -0.355 e. The molecule has 0 radical (unpaired) electrons. The van der Waals surface area contributed by atoms with Gasteiger partial charge in [-0.2, -0.15) is 0 Å². The third-order valence-corrected chi connectivity index (χ3v) is 8.96. The number of allylic oxidation sites excluding steroid dienone is 1. The summed E-state index contributed by atoms with van der Waals surface area (Å²) in [6.07, 6.45) is 3.05. The van der Waals surface area contributed by atoms with Gasteiger partial charge in [0.1, 0.15) is 0 Å². The van der Waals surface area contributed by atoms with Gasteiger partial charge < -0.3 is 14.8 Å². The molecule has 216 valence electrons. The number of hydrogen-bond donors (Lipinski definition) is 1. The predicted octanol–water partition coefficient (Wildman–Crippen LogP) is 11.6. The molecule has 1 heterocycles. The molecule has 0 saturated heterocycles. The fourth-order valence-electron chi connectivity index (χ4n) is 5.90. The van der Waals surface area contributed by atoms with Crippen LogP contribution in [0.15, 0.2) is 134 Å². The lowest BCUT2D eigenvalue weighted by Crippen LogP contribution is -2.40. The first-order valence-corrected chi connectivity index (χ1v) is 15.2.